The van der Waals surface area contributed by atoms with E-state index in [1.165, 1.54) is 24.3 Å². The molecular weight excluding hydrogens is 341 g/mol. The normalized spacial score (nSPS) is 17.5. The van der Waals surface area contributed by atoms with Gasteiger partial charge < -0.3 is 4.90 Å². The van der Waals surface area contributed by atoms with Crippen LogP contribution >= 0.6 is 0 Å². The van der Waals surface area contributed by atoms with Crippen LogP contribution in [-0.4, -0.2) is 39.5 Å². The summed E-state index contributed by atoms with van der Waals surface area (Å²) in [7, 11) is -3.66. The lowest BCUT2D eigenvalue weighted by Crippen LogP contribution is -2.47. The van der Waals surface area contributed by atoms with Crippen LogP contribution in [0.2, 0.25) is 0 Å². The first-order chi connectivity index (χ1) is 11.8. The lowest BCUT2D eigenvalue weighted by Gasteiger charge is -2.39. The van der Waals surface area contributed by atoms with Gasteiger partial charge in [0.05, 0.1) is 4.90 Å². The van der Waals surface area contributed by atoms with Crippen molar-refractivity contribution in [2.75, 3.05) is 31.1 Å². The van der Waals surface area contributed by atoms with Crippen LogP contribution in [0.3, 0.4) is 0 Å². The van der Waals surface area contributed by atoms with Crippen molar-refractivity contribution in [2.24, 2.45) is 5.14 Å². The molecule has 1 heterocycles. The molecule has 0 aromatic heterocycles. The number of anilines is 1. The van der Waals surface area contributed by atoms with Crippen molar-refractivity contribution >= 4 is 15.7 Å². The van der Waals surface area contributed by atoms with Crippen LogP contribution in [0.25, 0.3) is 0 Å². The Balaban J connectivity index is 1.62. The van der Waals surface area contributed by atoms with Gasteiger partial charge in [-0.2, -0.15) is 0 Å². The first kappa shape index (κ1) is 17.8. The van der Waals surface area contributed by atoms with Crippen LogP contribution in [0.5, 0.6) is 0 Å². The molecule has 1 aliphatic heterocycles. The summed E-state index contributed by atoms with van der Waals surface area (Å²) >= 11 is 0. The zero-order valence-electron chi connectivity index (χ0n) is 14.1. The molecule has 2 aromatic rings. The van der Waals surface area contributed by atoms with Gasteiger partial charge in [0.15, 0.2) is 0 Å². The van der Waals surface area contributed by atoms with Crippen LogP contribution in [0.4, 0.5) is 10.1 Å². The highest BCUT2D eigenvalue weighted by Crippen LogP contribution is 2.24. The topological polar surface area (TPSA) is 66.6 Å². The summed E-state index contributed by atoms with van der Waals surface area (Å²) in [5, 5.41) is 5.13. The van der Waals surface area contributed by atoms with Gasteiger partial charge in [0.25, 0.3) is 0 Å². The second kappa shape index (κ2) is 7.11. The first-order valence-electron chi connectivity index (χ1n) is 8.22. The Labute approximate surface area is 147 Å². The van der Waals surface area contributed by atoms with Crippen LogP contribution in [0.15, 0.2) is 53.4 Å². The third-order valence-corrected chi connectivity index (χ3v) is 5.67. The molecule has 0 spiro atoms. The zero-order chi connectivity index (χ0) is 18.0. The van der Waals surface area contributed by atoms with Gasteiger partial charge in [0.1, 0.15) is 5.82 Å². The minimum Gasteiger partial charge on any atom is -0.369 e. The van der Waals surface area contributed by atoms with Crippen LogP contribution in [0, 0.1) is 5.82 Å². The van der Waals surface area contributed by atoms with E-state index >= 15 is 0 Å². The van der Waals surface area contributed by atoms with Gasteiger partial charge in [-0.25, -0.2) is 17.9 Å². The smallest absolute Gasteiger partial charge is 0.238 e. The van der Waals surface area contributed by atoms with E-state index in [-0.39, 0.29) is 16.8 Å². The standard InChI is InChI=1S/C18H22FN3O2S/c1-14(15-2-4-16(19)5-3-15)21-10-12-22(13-11-21)17-6-8-18(9-7-17)25(20,23)24/h2-9,14H,10-13H2,1H3,(H2,20,23,24). The molecule has 134 valence electrons. The number of benzene rings is 2. The SMILES string of the molecule is CC(c1ccc(F)cc1)N1CCN(c2ccc(S(N)(=O)=O)cc2)CC1. The number of hydrogen-bond donors (Lipinski definition) is 1. The molecule has 25 heavy (non-hydrogen) atoms. The summed E-state index contributed by atoms with van der Waals surface area (Å²) in [6, 6.07) is 13.5. The third-order valence-electron chi connectivity index (χ3n) is 4.74. The fraction of sp³-hybridized carbons (Fsp3) is 0.333. The van der Waals surface area contributed by atoms with E-state index in [0.29, 0.717) is 0 Å². The Kier molecular flexibility index (Phi) is 5.08. The molecular formula is C18H22FN3O2S. The van der Waals surface area contributed by atoms with Crippen molar-refractivity contribution in [3.05, 3.63) is 59.9 Å². The number of rotatable bonds is 4. The first-order valence-corrected chi connectivity index (χ1v) is 9.76. The molecule has 1 aliphatic rings. The van der Waals surface area contributed by atoms with Gasteiger partial charge in [-0.05, 0) is 48.9 Å². The van der Waals surface area contributed by atoms with Gasteiger partial charge in [-0.1, -0.05) is 12.1 Å². The van der Waals surface area contributed by atoms with Crippen molar-refractivity contribution in [1.29, 1.82) is 0 Å². The maximum Gasteiger partial charge on any atom is 0.238 e. The van der Waals surface area contributed by atoms with E-state index in [2.05, 4.69) is 16.7 Å². The summed E-state index contributed by atoms with van der Waals surface area (Å²) in [6.07, 6.45) is 0. The van der Waals surface area contributed by atoms with Crippen LogP contribution in [0.1, 0.15) is 18.5 Å². The molecule has 1 atom stereocenters. The van der Waals surface area contributed by atoms with E-state index in [1.54, 1.807) is 12.1 Å². The molecule has 0 bridgehead atoms. The predicted molar refractivity (Wildman–Crippen MR) is 96.4 cm³/mol. The maximum atomic E-state index is 13.1. The average Bonchev–Trinajstić information content (AvgIpc) is 2.61. The van der Waals surface area contributed by atoms with E-state index in [0.717, 1.165) is 37.4 Å². The Morgan fingerprint density at radius 2 is 1.52 bits per heavy atom. The van der Waals surface area contributed by atoms with Gasteiger partial charge in [-0.15, -0.1) is 0 Å². The van der Waals surface area contributed by atoms with E-state index < -0.39 is 10.0 Å². The molecule has 0 aliphatic carbocycles. The Morgan fingerprint density at radius 3 is 2.04 bits per heavy atom. The van der Waals surface area contributed by atoms with Crippen molar-refractivity contribution in [1.82, 2.24) is 4.90 Å². The monoisotopic (exact) mass is 363 g/mol. The highest BCUT2D eigenvalue weighted by atomic mass is 32.2. The fourth-order valence-electron chi connectivity index (χ4n) is 3.17. The van der Waals surface area contributed by atoms with Gasteiger partial charge in [0.2, 0.25) is 10.0 Å². The highest BCUT2D eigenvalue weighted by molar-refractivity contribution is 7.89. The van der Waals surface area contributed by atoms with Gasteiger partial charge >= 0.3 is 0 Å². The molecule has 1 fully saturated rings. The summed E-state index contributed by atoms with van der Waals surface area (Å²) in [5.74, 6) is -0.219. The molecule has 1 unspecified atom stereocenters. The van der Waals surface area contributed by atoms with Crippen molar-refractivity contribution in [2.45, 2.75) is 17.9 Å². The summed E-state index contributed by atoms with van der Waals surface area (Å²) in [5.41, 5.74) is 2.09. The van der Waals surface area contributed by atoms with Crippen LogP contribution < -0.4 is 10.0 Å². The summed E-state index contributed by atoms with van der Waals surface area (Å²) < 4.78 is 35.7. The van der Waals surface area contributed by atoms with E-state index in [4.69, 9.17) is 5.14 Å². The molecule has 0 amide bonds. The number of piperazine rings is 1. The zero-order valence-corrected chi connectivity index (χ0v) is 14.9. The Morgan fingerprint density at radius 1 is 0.960 bits per heavy atom. The molecule has 0 saturated carbocycles. The number of primary sulfonamides is 1. The summed E-state index contributed by atoms with van der Waals surface area (Å²) in [6.45, 7) is 5.59. The summed E-state index contributed by atoms with van der Waals surface area (Å²) in [4.78, 5) is 4.71. The predicted octanol–water partition coefficient (Wildman–Crippen LogP) is 2.36. The van der Waals surface area contributed by atoms with Crippen molar-refractivity contribution < 1.29 is 12.8 Å². The molecule has 0 radical (unpaired) electrons. The average molecular weight is 363 g/mol. The minimum absolute atomic E-state index is 0.125. The number of nitrogens with two attached hydrogens (primary N) is 1. The minimum atomic E-state index is -3.66. The lowest BCUT2D eigenvalue weighted by molar-refractivity contribution is 0.198. The highest BCUT2D eigenvalue weighted by Gasteiger charge is 2.22. The lowest BCUT2D eigenvalue weighted by atomic mass is 10.1. The fourth-order valence-corrected chi connectivity index (χ4v) is 3.68. The second-order valence-electron chi connectivity index (χ2n) is 6.29. The molecule has 1 saturated heterocycles. The van der Waals surface area contributed by atoms with E-state index in [9.17, 15) is 12.8 Å². The van der Waals surface area contributed by atoms with E-state index in [1.807, 2.05) is 12.1 Å². The molecule has 2 N–H and O–H groups in total. The molecule has 2 aromatic carbocycles. The maximum absolute atomic E-state index is 13.1. The molecule has 5 nitrogen and oxygen atoms in total. The largest absolute Gasteiger partial charge is 0.369 e. The molecule has 7 heteroatoms. The Bertz CT molecular complexity index is 814. The number of halogens is 1. The quantitative estimate of drug-likeness (QED) is 0.906. The van der Waals surface area contributed by atoms with Gasteiger partial charge in [-0.3, -0.25) is 4.90 Å². The van der Waals surface area contributed by atoms with Crippen molar-refractivity contribution in [3.63, 3.8) is 0 Å². The van der Waals surface area contributed by atoms with Gasteiger partial charge in [0, 0.05) is 37.9 Å². The van der Waals surface area contributed by atoms with Crippen LogP contribution in [-0.2, 0) is 10.0 Å². The number of hydrogen-bond acceptors (Lipinski definition) is 4. The number of sulfonamides is 1. The number of nitrogens with zero attached hydrogens (tertiary/aromatic N) is 2. The molecule has 3 rings (SSSR count). The third kappa shape index (κ3) is 4.18. The Hall–Kier alpha value is -1.96. The van der Waals surface area contributed by atoms with Crippen molar-refractivity contribution in [3.8, 4) is 0 Å². The second-order valence-corrected chi connectivity index (χ2v) is 7.85.